The van der Waals surface area contributed by atoms with Crippen molar-refractivity contribution in [2.75, 3.05) is 6.54 Å². The Morgan fingerprint density at radius 1 is 1.05 bits per heavy atom. The molecule has 0 saturated heterocycles. The van der Waals surface area contributed by atoms with Gasteiger partial charge in [0.05, 0.1) is 0 Å². The zero-order valence-electron chi connectivity index (χ0n) is 10.3. The minimum atomic E-state index is -0.305. The molecule has 0 saturated carbocycles. The van der Waals surface area contributed by atoms with Gasteiger partial charge in [0.25, 0.3) is 0 Å². The summed E-state index contributed by atoms with van der Waals surface area (Å²) >= 11 is 0. The molecule has 0 atom stereocenters. The van der Waals surface area contributed by atoms with Crippen LogP contribution in [0.5, 0.6) is 0 Å². The summed E-state index contributed by atoms with van der Waals surface area (Å²) in [7, 11) is 0. The topological polar surface area (TPSA) is 43.1 Å². The second kappa shape index (κ2) is 6.07. The number of carbonyl (C=O) groups is 1. The first kappa shape index (κ1) is 13.2. The third kappa shape index (κ3) is 3.36. The van der Waals surface area contributed by atoms with Crippen molar-refractivity contribution in [3.8, 4) is 0 Å². The fraction of sp³-hybridized carbons (Fsp3) is 0.0625. The van der Waals surface area contributed by atoms with Crippen LogP contribution in [0.3, 0.4) is 0 Å². The Bertz CT molecular complexity index is 588. The molecule has 0 aliphatic carbocycles. The van der Waals surface area contributed by atoms with Gasteiger partial charge in [0.1, 0.15) is 5.82 Å². The molecule has 0 fully saturated rings. The fourth-order valence-electron chi connectivity index (χ4n) is 1.75. The van der Waals surface area contributed by atoms with Gasteiger partial charge in [0, 0.05) is 17.7 Å². The molecule has 0 amide bonds. The molecule has 2 nitrogen and oxygen atoms in total. The Kier molecular flexibility index (Phi) is 4.21. The van der Waals surface area contributed by atoms with E-state index >= 15 is 0 Å². The summed E-state index contributed by atoms with van der Waals surface area (Å²) in [5.41, 5.74) is 7.48. The Labute approximate surface area is 111 Å². The first-order valence-electron chi connectivity index (χ1n) is 5.96. The van der Waals surface area contributed by atoms with Crippen LogP contribution in [0.4, 0.5) is 4.39 Å². The van der Waals surface area contributed by atoms with Gasteiger partial charge >= 0.3 is 0 Å². The predicted molar refractivity (Wildman–Crippen MR) is 74.2 cm³/mol. The van der Waals surface area contributed by atoms with Gasteiger partial charge in [-0.2, -0.15) is 0 Å². The lowest BCUT2D eigenvalue weighted by atomic mass is 10.0. The monoisotopic (exact) mass is 255 g/mol. The van der Waals surface area contributed by atoms with Crippen molar-refractivity contribution in [1.82, 2.24) is 0 Å². The summed E-state index contributed by atoms with van der Waals surface area (Å²) in [6.45, 7) is 0.144. The second-order valence-corrected chi connectivity index (χ2v) is 4.12. The summed E-state index contributed by atoms with van der Waals surface area (Å²) < 4.78 is 12.8. The molecule has 0 radical (unpaired) electrons. The molecule has 0 bridgehead atoms. The van der Waals surface area contributed by atoms with E-state index in [0.717, 1.165) is 5.56 Å². The number of Topliss-reactive ketones (excluding diaryl/α,β-unsaturated/α-hetero) is 1. The molecule has 0 unspecified atom stereocenters. The van der Waals surface area contributed by atoms with Gasteiger partial charge in [-0.15, -0.1) is 0 Å². The van der Waals surface area contributed by atoms with E-state index in [0.29, 0.717) is 11.1 Å². The van der Waals surface area contributed by atoms with Gasteiger partial charge in [0.15, 0.2) is 5.78 Å². The Balaban J connectivity index is 2.29. The normalized spacial score (nSPS) is 11.4. The summed E-state index contributed by atoms with van der Waals surface area (Å²) in [4.78, 5) is 12.2. The highest BCUT2D eigenvalue weighted by Gasteiger charge is 2.10. The number of hydrogen-bond acceptors (Lipinski definition) is 2. The van der Waals surface area contributed by atoms with Crippen molar-refractivity contribution in [3.05, 3.63) is 77.1 Å². The van der Waals surface area contributed by atoms with Crippen LogP contribution < -0.4 is 5.73 Å². The van der Waals surface area contributed by atoms with E-state index in [1.165, 1.54) is 12.1 Å². The molecular weight excluding hydrogens is 241 g/mol. The maximum Gasteiger partial charge on any atom is 0.190 e. The number of hydrogen-bond donors (Lipinski definition) is 1. The number of benzene rings is 2. The van der Waals surface area contributed by atoms with Crippen LogP contribution in [-0.2, 0) is 0 Å². The van der Waals surface area contributed by atoms with Gasteiger partial charge in [-0.1, -0.05) is 42.5 Å². The summed E-state index contributed by atoms with van der Waals surface area (Å²) in [6.07, 6.45) is 1.69. The molecule has 0 aliphatic heterocycles. The van der Waals surface area contributed by atoms with Gasteiger partial charge in [-0.05, 0) is 23.8 Å². The molecule has 0 aromatic heterocycles. The van der Waals surface area contributed by atoms with Crippen molar-refractivity contribution in [1.29, 1.82) is 0 Å². The highest BCUT2D eigenvalue weighted by atomic mass is 19.1. The van der Waals surface area contributed by atoms with Crippen LogP contribution in [0.1, 0.15) is 15.9 Å². The average Bonchev–Trinajstić information content (AvgIpc) is 2.47. The van der Waals surface area contributed by atoms with E-state index in [-0.39, 0.29) is 18.1 Å². The lowest BCUT2D eigenvalue weighted by Gasteiger charge is -2.04. The summed E-state index contributed by atoms with van der Waals surface area (Å²) in [6, 6.07) is 14.9. The smallest absolute Gasteiger partial charge is 0.190 e. The first-order valence-corrected chi connectivity index (χ1v) is 5.96. The van der Waals surface area contributed by atoms with Crippen LogP contribution in [0, 0.1) is 5.82 Å². The van der Waals surface area contributed by atoms with Crippen LogP contribution in [0.2, 0.25) is 0 Å². The van der Waals surface area contributed by atoms with Crippen molar-refractivity contribution >= 4 is 11.9 Å². The molecule has 2 N–H and O–H groups in total. The Morgan fingerprint density at radius 2 is 1.68 bits per heavy atom. The SMILES string of the molecule is NC/C(=C\c1ccc(F)cc1)C(=O)c1ccccc1. The molecular formula is C16H14FNO. The van der Waals surface area contributed by atoms with Gasteiger partial charge < -0.3 is 5.73 Å². The van der Waals surface area contributed by atoms with Gasteiger partial charge in [-0.25, -0.2) is 4.39 Å². The highest BCUT2D eigenvalue weighted by Crippen LogP contribution is 2.12. The third-order valence-electron chi connectivity index (χ3n) is 2.76. The maximum absolute atomic E-state index is 12.8. The minimum absolute atomic E-state index is 0.104. The maximum atomic E-state index is 12.8. The minimum Gasteiger partial charge on any atom is -0.326 e. The third-order valence-corrected chi connectivity index (χ3v) is 2.76. The zero-order chi connectivity index (χ0) is 13.7. The molecule has 0 aliphatic rings. The molecule has 2 rings (SSSR count). The Morgan fingerprint density at radius 3 is 2.26 bits per heavy atom. The average molecular weight is 255 g/mol. The fourth-order valence-corrected chi connectivity index (χ4v) is 1.75. The number of rotatable bonds is 4. The molecule has 3 heteroatoms. The van der Waals surface area contributed by atoms with Crippen molar-refractivity contribution < 1.29 is 9.18 Å². The predicted octanol–water partition coefficient (Wildman–Crippen LogP) is 3.05. The van der Waals surface area contributed by atoms with E-state index in [9.17, 15) is 9.18 Å². The largest absolute Gasteiger partial charge is 0.326 e. The van der Waals surface area contributed by atoms with E-state index in [1.54, 1.807) is 42.5 Å². The Hall–Kier alpha value is -2.26. The number of nitrogens with two attached hydrogens (primary N) is 1. The summed E-state index contributed by atoms with van der Waals surface area (Å²) in [5.74, 6) is -0.409. The van der Waals surface area contributed by atoms with Crippen LogP contribution in [0.15, 0.2) is 60.2 Å². The van der Waals surface area contributed by atoms with Crippen LogP contribution >= 0.6 is 0 Å². The zero-order valence-corrected chi connectivity index (χ0v) is 10.3. The van der Waals surface area contributed by atoms with E-state index in [4.69, 9.17) is 5.73 Å². The lowest BCUT2D eigenvalue weighted by molar-refractivity contribution is 0.103. The van der Waals surface area contributed by atoms with Gasteiger partial charge in [-0.3, -0.25) is 4.79 Å². The van der Waals surface area contributed by atoms with Crippen molar-refractivity contribution in [3.63, 3.8) is 0 Å². The molecule has 96 valence electrons. The van der Waals surface area contributed by atoms with E-state index in [1.807, 2.05) is 6.07 Å². The summed E-state index contributed by atoms with van der Waals surface area (Å²) in [5, 5.41) is 0. The number of halogens is 1. The second-order valence-electron chi connectivity index (χ2n) is 4.12. The molecule has 2 aromatic rings. The van der Waals surface area contributed by atoms with E-state index < -0.39 is 0 Å². The number of ketones is 1. The molecule has 19 heavy (non-hydrogen) atoms. The van der Waals surface area contributed by atoms with Crippen molar-refractivity contribution in [2.24, 2.45) is 5.73 Å². The highest BCUT2D eigenvalue weighted by molar-refractivity contribution is 6.11. The number of carbonyl (C=O) groups excluding carboxylic acids is 1. The first-order chi connectivity index (χ1) is 9.20. The molecule has 0 heterocycles. The quantitative estimate of drug-likeness (QED) is 0.674. The lowest BCUT2D eigenvalue weighted by Crippen LogP contribution is -2.13. The van der Waals surface area contributed by atoms with Crippen LogP contribution in [-0.4, -0.2) is 12.3 Å². The molecule has 2 aromatic carbocycles. The molecule has 0 spiro atoms. The van der Waals surface area contributed by atoms with E-state index in [2.05, 4.69) is 0 Å². The van der Waals surface area contributed by atoms with Crippen LogP contribution in [0.25, 0.3) is 6.08 Å². The van der Waals surface area contributed by atoms with Crippen molar-refractivity contribution in [2.45, 2.75) is 0 Å². The standard InChI is InChI=1S/C16H14FNO/c17-15-8-6-12(7-9-15)10-14(11-18)16(19)13-4-2-1-3-5-13/h1-10H,11,18H2/b14-10+. The van der Waals surface area contributed by atoms with Gasteiger partial charge in [0.2, 0.25) is 0 Å².